The minimum Gasteiger partial charge on any atom is -0.464 e. The van der Waals surface area contributed by atoms with E-state index in [9.17, 15) is 9.59 Å². The molecule has 0 spiro atoms. The van der Waals surface area contributed by atoms with Crippen LogP contribution in [0.4, 0.5) is 0 Å². The van der Waals surface area contributed by atoms with Crippen molar-refractivity contribution in [2.45, 2.75) is 32.2 Å². The molecule has 2 rings (SSSR count). The molecule has 2 heterocycles. The van der Waals surface area contributed by atoms with Crippen LogP contribution in [0.15, 0.2) is 22.9 Å². The molecule has 1 aromatic rings. The molecule has 1 aromatic heterocycles. The van der Waals surface area contributed by atoms with E-state index in [1.165, 1.54) is 0 Å². The van der Waals surface area contributed by atoms with Gasteiger partial charge in [0.1, 0.15) is 6.04 Å². The smallest absolute Gasteiger partial charge is 0.328 e. The van der Waals surface area contributed by atoms with Crippen molar-refractivity contribution >= 4 is 27.8 Å². The van der Waals surface area contributed by atoms with Crippen LogP contribution < -0.4 is 0 Å². The van der Waals surface area contributed by atoms with Crippen LogP contribution in [0, 0.1) is 0 Å². The molecule has 1 unspecified atom stereocenters. The molecule has 0 aliphatic carbocycles. The summed E-state index contributed by atoms with van der Waals surface area (Å²) in [6, 6.07) is 1.18. The van der Waals surface area contributed by atoms with Crippen LogP contribution in [0.3, 0.4) is 0 Å². The lowest BCUT2D eigenvalue weighted by Crippen LogP contribution is -2.48. The van der Waals surface area contributed by atoms with E-state index < -0.39 is 6.04 Å². The van der Waals surface area contributed by atoms with Crippen molar-refractivity contribution in [2.24, 2.45) is 0 Å². The van der Waals surface area contributed by atoms with Gasteiger partial charge < -0.3 is 9.64 Å². The van der Waals surface area contributed by atoms with E-state index in [2.05, 4.69) is 20.9 Å². The molecule has 0 N–H and O–H groups in total. The van der Waals surface area contributed by atoms with Gasteiger partial charge in [-0.15, -0.1) is 0 Å². The second-order valence-corrected chi connectivity index (χ2v) is 5.47. The fourth-order valence-electron chi connectivity index (χ4n) is 2.36. The Bertz CT molecular complexity index is 507. The van der Waals surface area contributed by atoms with Gasteiger partial charge in [0.15, 0.2) is 0 Å². The van der Waals surface area contributed by atoms with E-state index in [1.54, 1.807) is 30.3 Å². The first-order valence-electron chi connectivity index (χ1n) is 6.72. The first kappa shape index (κ1) is 15.0. The Balaban J connectivity index is 2.22. The summed E-state index contributed by atoms with van der Waals surface area (Å²) in [6.07, 6.45) is 5.65. The number of ether oxygens (including phenoxy) is 1. The SMILES string of the molecule is CCOC(=O)C1CCCCN1C(=O)c1ccncc1Br. The molecule has 0 bridgehead atoms. The lowest BCUT2D eigenvalue weighted by atomic mass is 10.0. The third-order valence-corrected chi connectivity index (χ3v) is 3.96. The number of nitrogens with zero attached hydrogens (tertiary/aromatic N) is 2. The number of amides is 1. The van der Waals surface area contributed by atoms with Gasteiger partial charge in [-0.3, -0.25) is 9.78 Å². The Morgan fingerprint density at radius 1 is 1.50 bits per heavy atom. The second-order valence-electron chi connectivity index (χ2n) is 4.62. The van der Waals surface area contributed by atoms with Crippen molar-refractivity contribution in [3.05, 3.63) is 28.5 Å². The molecule has 5 nitrogen and oxygen atoms in total. The number of pyridine rings is 1. The highest BCUT2D eigenvalue weighted by Gasteiger charge is 2.34. The molecule has 1 saturated heterocycles. The molecule has 108 valence electrons. The van der Waals surface area contributed by atoms with E-state index in [1.807, 2.05) is 0 Å². The largest absolute Gasteiger partial charge is 0.464 e. The lowest BCUT2D eigenvalue weighted by Gasteiger charge is -2.34. The molecular weight excluding hydrogens is 324 g/mol. The number of carbonyl (C=O) groups excluding carboxylic acids is 2. The van der Waals surface area contributed by atoms with Crippen LogP contribution in [-0.4, -0.2) is 41.0 Å². The highest BCUT2D eigenvalue weighted by molar-refractivity contribution is 9.10. The maximum atomic E-state index is 12.6. The standard InChI is InChI=1S/C14H17BrN2O3/c1-2-20-14(19)12-5-3-4-8-17(12)13(18)10-6-7-16-9-11(10)15/h6-7,9,12H,2-5,8H2,1H3. The zero-order valence-corrected chi connectivity index (χ0v) is 12.9. The van der Waals surface area contributed by atoms with Crippen LogP contribution >= 0.6 is 15.9 Å². The minimum atomic E-state index is -0.476. The van der Waals surface area contributed by atoms with Crippen molar-refractivity contribution in [1.82, 2.24) is 9.88 Å². The Morgan fingerprint density at radius 3 is 3.00 bits per heavy atom. The summed E-state index contributed by atoms with van der Waals surface area (Å²) in [7, 11) is 0. The van der Waals surface area contributed by atoms with Crippen LogP contribution in [0.25, 0.3) is 0 Å². The first-order chi connectivity index (χ1) is 9.65. The number of hydrogen-bond donors (Lipinski definition) is 0. The van der Waals surface area contributed by atoms with Gasteiger partial charge in [0.25, 0.3) is 5.91 Å². The maximum absolute atomic E-state index is 12.6. The van der Waals surface area contributed by atoms with E-state index in [-0.39, 0.29) is 11.9 Å². The van der Waals surface area contributed by atoms with Gasteiger partial charge in [0.05, 0.1) is 12.2 Å². The predicted molar refractivity (Wildman–Crippen MR) is 77.2 cm³/mol. The van der Waals surface area contributed by atoms with Gasteiger partial charge in [0, 0.05) is 23.4 Å². The van der Waals surface area contributed by atoms with Gasteiger partial charge in [0.2, 0.25) is 0 Å². The molecule has 1 fully saturated rings. The van der Waals surface area contributed by atoms with E-state index in [4.69, 9.17) is 4.74 Å². The second kappa shape index (κ2) is 6.83. The molecule has 20 heavy (non-hydrogen) atoms. The molecule has 0 aromatic carbocycles. The maximum Gasteiger partial charge on any atom is 0.328 e. The molecule has 1 aliphatic heterocycles. The highest BCUT2D eigenvalue weighted by Crippen LogP contribution is 2.23. The van der Waals surface area contributed by atoms with Crippen LogP contribution in [0.5, 0.6) is 0 Å². The average Bonchev–Trinajstić information content (AvgIpc) is 2.47. The summed E-state index contributed by atoms with van der Waals surface area (Å²) in [5, 5.41) is 0. The average molecular weight is 341 g/mol. The first-order valence-corrected chi connectivity index (χ1v) is 7.51. The molecule has 1 amide bonds. The summed E-state index contributed by atoms with van der Waals surface area (Å²) in [5.41, 5.74) is 0.524. The van der Waals surface area contributed by atoms with Gasteiger partial charge in [-0.1, -0.05) is 0 Å². The Kier molecular flexibility index (Phi) is 5.11. The Morgan fingerprint density at radius 2 is 2.30 bits per heavy atom. The van der Waals surface area contributed by atoms with Crippen molar-refractivity contribution in [2.75, 3.05) is 13.2 Å². The van der Waals surface area contributed by atoms with Crippen LogP contribution in [-0.2, 0) is 9.53 Å². The quantitative estimate of drug-likeness (QED) is 0.792. The predicted octanol–water partition coefficient (Wildman–Crippen LogP) is 2.40. The Hall–Kier alpha value is -1.43. The number of carbonyl (C=O) groups is 2. The van der Waals surface area contributed by atoms with Gasteiger partial charge in [-0.2, -0.15) is 0 Å². The van der Waals surface area contributed by atoms with E-state index in [0.717, 1.165) is 12.8 Å². The van der Waals surface area contributed by atoms with Gasteiger partial charge in [-0.05, 0) is 48.2 Å². The fourth-order valence-corrected chi connectivity index (χ4v) is 2.78. The monoisotopic (exact) mass is 340 g/mol. The normalized spacial score (nSPS) is 18.7. The Labute approximate surface area is 126 Å². The van der Waals surface area contributed by atoms with Crippen molar-refractivity contribution in [1.29, 1.82) is 0 Å². The van der Waals surface area contributed by atoms with Crippen LogP contribution in [0.1, 0.15) is 36.5 Å². The highest BCUT2D eigenvalue weighted by atomic mass is 79.9. The third kappa shape index (κ3) is 3.17. The molecule has 0 saturated carbocycles. The molecule has 6 heteroatoms. The summed E-state index contributed by atoms with van der Waals surface area (Å²) in [6.45, 7) is 2.68. The van der Waals surface area contributed by atoms with Gasteiger partial charge >= 0.3 is 5.97 Å². The van der Waals surface area contributed by atoms with Crippen LogP contribution in [0.2, 0.25) is 0 Å². The zero-order valence-electron chi connectivity index (χ0n) is 11.3. The van der Waals surface area contributed by atoms with Crippen molar-refractivity contribution < 1.29 is 14.3 Å². The van der Waals surface area contributed by atoms with Crippen molar-refractivity contribution in [3.8, 4) is 0 Å². The van der Waals surface area contributed by atoms with Gasteiger partial charge in [-0.25, -0.2) is 4.79 Å². The number of hydrogen-bond acceptors (Lipinski definition) is 4. The summed E-state index contributed by atoms with van der Waals surface area (Å²) >= 11 is 3.33. The number of rotatable bonds is 3. The number of esters is 1. The van der Waals surface area contributed by atoms with E-state index >= 15 is 0 Å². The fraction of sp³-hybridized carbons (Fsp3) is 0.500. The molecule has 0 radical (unpaired) electrons. The lowest BCUT2D eigenvalue weighted by molar-refractivity contribution is -0.149. The summed E-state index contributed by atoms with van der Waals surface area (Å²) < 4.78 is 5.71. The summed E-state index contributed by atoms with van der Waals surface area (Å²) in [4.78, 5) is 30.1. The van der Waals surface area contributed by atoms with E-state index in [0.29, 0.717) is 29.6 Å². The number of aromatic nitrogens is 1. The topological polar surface area (TPSA) is 59.5 Å². The number of piperidine rings is 1. The third-order valence-electron chi connectivity index (χ3n) is 3.33. The number of halogens is 1. The number of likely N-dealkylation sites (tertiary alicyclic amines) is 1. The molecule has 1 aliphatic rings. The minimum absolute atomic E-state index is 0.156. The molecular formula is C14H17BrN2O3. The van der Waals surface area contributed by atoms with Crippen molar-refractivity contribution in [3.63, 3.8) is 0 Å². The zero-order chi connectivity index (χ0) is 14.5. The summed E-state index contributed by atoms with van der Waals surface area (Å²) in [5.74, 6) is -0.470. The molecule has 1 atom stereocenters.